The van der Waals surface area contributed by atoms with Crippen LogP contribution in [-0.4, -0.2) is 59.9 Å². The normalized spacial score (nSPS) is 15.5. The fourth-order valence-electron chi connectivity index (χ4n) is 2.44. The molecular weight excluding hydrogens is 337 g/mol. The highest BCUT2D eigenvalue weighted by Gasteiger charge is 2.27. The lowest BCUT2D eigenvalue weighted by Crippen LogP contribution is -2.50. The van der Waals surface area contributed by atoms with Crippen LogP contribution in [0.2, 0.25) is 5.02 Å². The van der Waals surface area contributed by atoms with Crippen LogP contribution in [0.4, 0.5) is 14.9 Å². The molecule has 0 aromatic heterocycles. The molecule has 1 amide bonds. The Bertz CT molecular complexity index is 616. The maximum Gasteiger partial charge on any atom is 0.491 e. The first-order chi connectivity index (χ1) is 11.1. The first-order valence-electron chi connectivity index (χ1n) is 7.66. The molecule has 2 N–H and O–H groups in total. The number of benzene rings is 1. The molecule has 132 valence electrons. The lowest BCUT2D eigenvalue weighted by Gasteiger charge is -2.37. The molecule has 2 rings (SSSR count). The summed E-state index contributed by atoms with van der Waals surface area (Å²) in [5, 5.41) is 18.3. The number of carbonyl (C=O) groups excluding carboxylic acids is 1. The van der Waals surface area contributed by atoms with Crippen molar-refractivity contribution in [3.05, 3.63) is 23.0 Å². The number of carbonyl (C=O) groups is 1. The zero-order valence-corrected chi connectivity index (χ0v) is 14.7. The van der Waals surface area contributed by atoms with Crippen molar-refractivity contribution in [2.75, 3.05) is 31.1 Å². The topological polar surface area (TPSA) is 73.2 Å². The smallest absolute Gasteiger partial charge is 0.444 e. The number of amides is 1. The fraction of sp³-hybridized carbons (Fsp3) is 0.533. The SMILES string of the molecule is CC(C)(C)OC(=O)N1CCN(c2cc(Cl)c(F)c(B(O)O)c2)CC1. The Balaban J connectivity index is 2.06. The van der Waals surface area contributed by atoms with Crippen LogP contribution in [0.1, 0.15) is 20.8 Å². The Labute approximate surface area is 145 Å². The Morgan fingerprint density at radius 3 is 2.33 bits per heavy atom. The van der Waals surface area contributed by atoms with E-state index in [1.54, 1.807) is 4.90 Å². The molecular formula is C15H21BClFN2O4. The second-order valence-electron chi connectivity index (χ2n) is 6.66. The molecule has 0 bridgehead atoms. The Kier molecular flexibility index (Phi) is 5.62. The number of hydrogen-bond acceptors (Lipinski definition) is 5. The summed E-state index contributed by atoms with van der Waals surface area (Å²) < 4.78 is 19.1. The van der Waals surface area contributed by atoms with Gasteiger partial charge in [-0.25, -0.2) is 9.18 Å². The van der Waals surface area contributed by atoms with E-state index in [1.165, 1.54) is 12.1 Å². The van der Waals surface area contributed by atoms with Crippen molar-refractivity contribution in [1.82, 2.24) is 4.90 Å². The summed E-state index contributed by atoms with van der Waals surface area (Å²) in [4.78, 5) is 15.6. The summed E-state index contributed by atoms with van der Waals surface area (Å²) in [5.41, 5.74) is -0.245. The first-order valence-corrected chi connectivity index (χ1v) is 8.04. The zero-order valence-electron chi connectivity index (χ0n) is 13.9. The van der Waals surface area contributed by atoms with Crippen LogP contribution in [0.5, 0.6) is 0 Å². The Hall–Kier alpha value is -1.51. The van der Waals surface area contributed by atoms with Crippen molar-refractivity contribution in [2.24, 2.45) is 0 Å². The van der Waals surface area contributed by atoms with Crippen LogP contribution in [0.15, 0.2) is 12.1 Å². The summed E-state index contributed by atoms with van der Waals surface area (Å²) in [7, 11) is -1.94. The highest BCUT2D eigenvalue weighted by atomic mass is 35.5. The number of nitrogens with zero attached hydrogens (tertiary/aromatic N) is 2. The van der Waals surface area contributed by atoms with Gasteiger partial charge in [0.2, 0.25) is 0 Å². The van der Waals surface area contributed by atoms with E-state index < -0.39 is 18.5 Å². The van der Waals surface area contributed by atoms with Gasteiger partial charge in [-0.3, -0.25) is 0 Å². The van der Waals surface area contributed by atoms with Crippen LogP contribution < -0.4 is 10.4 Å². The largest absolute Gasteiger partial charge is 0.491 e. The molecule has 6 nitrogen and oxygen atoms in total. The molecule has 1 heterocycles. The number of rotatable bonds is 2. The average molecular weight is 359 g/mol. The predicted molar refractivity (Wildman–Crippen MR) is 91.3 cm³/mol. The number of hydrogen-bond donors (Lipinski definition) is 2. The van der Waals surface area contributed by atoms with Crippen molar-refractivity contribution in [1.29, 1.82) is 0 Å². The molecule has 24 heavy (non-hydrogen) atoms. The van der Waals surface area contributed by atoms with Crippen LogP contribution in [0.3, 0.4) is 0 Å². The average Bonchev–Trinajstić information content (AvgIpc) is 2.48. The molecule has 0 radical (unpaired) electrons. The maximum absolute atomic E-state index is 13.8. The van der Waals surface area contributed by atoms with Crippen molar-refractivity contribution in [3.63, 3.8) is 0 Å². The van der Waals surface area contributed by atoms with E-state index >= 15 is 0 Å². The van der Waals surface area contributed by atoms with E-state index in [9.17, 15) is 19.2 Å². The highest BCUT2D eigenvalue weighted by Crippen LogP contribution is 2.23. The van der Waals surface area contributed by atoms with Crippen molar-refractivity contribution in [3.8, 4) is 0 Å². The Morgan fingerprint density at radius 2 is 1.83 bits per heavy atom. The van der Waals surface area contributed by atoms with Crippen LogP contribution in [-0.2, 0) is 4.74 Å². The van der Waals surface area contributed by atoms with Gasteiger partial charge in [0.05, 0.1) is 5.02 Å². The molecule has 1 saturated heterocycles. The van der Waals surface area contributed by atoms with Crippen LogP contribution in [0.25, 0.3) is 0 Å². The number of ether oxygens (including phenoxy) is 1. The van der Waals surface area contributed by atoms with Gasteiger partial charge in [-0.1, -0.05) is 11.6 Å². The number of piperazine rings is 1. The van der Waals surface area contributed by atoms with Gasteiger partial charge in [-0.05, 0) is 32.9 Å². The van der Waals surface area contributed by atoms with Gasteiger partial charge in [-0.2, -0.15) is 0 Å². The second-order valence-corrected chi connectivity index (χ2v) is 7.07. The third-order valence-corrected chi connectivity index (χ3v) is 3.89. The Morgan fingerprint density at radius 1 is 1.25 bits per heavy atom. The summed E-state index contributed by atoms with van der Waals surface area (Å²) in [6.45, 7) is 7.32. The zero-order chi connectivity index (χ0) is 18.1. The van der Waals surface area contributed by atoms with Crippen LogP contribution >= 0.6 is 11.6 Å². The molecule has 1 aliphatic heterocycles. The third kappa shape index (κ3) is 4.52. The van der Waals surface area contributed by atoms with Gasteiger partial charge in [0.15, 0.2) is 0 Å². The molecule has 1 aliphatic rings. The van der Waals surface area contributed by atoms with Crippen molar-refractivity contribution < 1.29 is 24.0 Å². The van der Waals surface area contributed by atoms with Gasteiger partial charge in [0.25, 0.3) is 0 Å². The van der Waals surface area contributed by atoms with E-state index in [1.807, 2.05) is 25.7 Å². The summed E-state index contributed by atoms with van der Waals surface area (Å²) in [6.07, 6.45) is -0.370. The minimum Gasteiger partial charge on any atom is -0.444 e. The quantitative estimate of drug-likeness (QED) is 0.778. The lowest BCUT2D eigenvalue weighted by atomic mass is 9.79. The van der Waals surface area contributed by atoms with E-state index in [2.05, 4.69) is 0 Å². The molecule has 0 aliphatic carbocycles. The van der Waals surface area contributed by atoms with Crippen molar-refractivity contribution in [2.45, 2.75) is 26.4 Å². The van der Waals surface area contributed by atoms with Gasteiger partial charge in [0, 0.05) is 37.3 Å². The minimum absolute atomic E-state index is 0.176. The maximum atomic E-state index is 13.8. The van der Waals surface area contributed by atoms with E-state index in [4.69, 9.17) is 16.3 Å². The lowest BCUT2D eigenvalue weighted by molar-refractivity contribution is 0.0240. The first kappa shape index (κ1) is 18.8. The molecule has 1 fully saturated rings. The molecule has 9 heteroatoms. The predicted octanol–water partition coefficient (Wildman–Crippen LogP) is 1.22. The number of anilines is 1. The minimum atomic E-state index is -1.94. The van der Waals surface area contributed by atoms with Gasteiger partial charge in [0.1, 0.15) is 11.4 Å². The molecule has 0 unspecified atom stereocenters. The second kappa shape index (κ2) is 7.17. The van der Waals surface area contributed by atoms with E-state index in [0.29, 0.717) is 31.9 Å². The third-order valence-electron chi connectivity index (χ3n) is 3.62. The van der Waals surface area contributed by atoms with Crippen LogP contribution in [0, 0.1) is 5.82 Å². The standard InChI is InChI=1S/C15H21BClFN2O4/c1-15(2,3)24-14(21)20-6-4-19(5-7-20)10-8-11(16(22)23)13(18)12(17)9-10/h8-9,22-23H,4-7H2,1-3H3. The van der Waals surface area contributed by atoms with Gasteiger partial charge >= 0.3 is 13.2 Å². The molecule has 1 aromatic rings. The van der Waals surface area contributed by atoms with Gasteiger partial charge < -0.3 is 24.6 Å². The molecule has 0 atom stereocenters. The van der Waals surface area contributed by atoms with Crippen molar-refractivity contribution >= 4 is 36.0 Å². The number of halogens is 2. The van der Waals surface area contributed by atoms with E-state index in [-0.39, 0.29) is 16.6 Å². The summed E-state index contributed by atoms with van der Waals surface area (Å²) >= 11 is 5.83. The van der Waals surface area contributed by atoms with Gasteiger partial charge in [-0.15, -0.1) is 0 Å². The fourth-order valence-corrected chi connectivity index (χ4v) is 2.66. The summed E-state index contributed by atoms with van der Waals surface area (Å²) in [5.74, 6) is -0.845. The molecule has 0 spiro atoms. The monoisotopic (exact) mass is 358 g/mol. The molecule has 1 aromatic carbocycles. The summed E-state index contributed by atoms with van der Waals surface area (Å²) in [6, 6.07) is 2.79. The molecule has 0 saturated carbocycles. The highest BCUT2D eigenvalue weighted by molar-refractivity contribution is 6.59. The van der Waals surface area contributed by atoms with E-state index in [0.717, 1.165) is 0 Å².